The molecule has 0 bridgehead atoms. The summed E-state index contributed by atoms with van der Waals surface area (Å²) in [5, 5.41) is 9.08. The average Bonchev–Trinajstić information content (AvgIpc) is 2.28. The molecule has 0 spiro atoms. The molecule has 0 fully saturated rings. The molecule has 0 atom stereocenters. The van der Waals surface area contributed by atoms with Crippen molar-refractivity contribution in [2.45, 2.75) is 5.03 Å². The molecular formula is C6H8N2O3S. The van der Waals surface area contributed by atoms with Crippen molar-refractivity contribution in [3.05, 3.63) is 16.2 Å². The lowest BCUT2D eigenvalue weighted by atomic mass is 10.5. The van der Waals surface area contributed by atoms with Crippen LogP contribution in [0.25, 0.3) is 0 Å². The Labute approximate surface area is 72.4 Å². The number of H-pyrrole nitrogens is 1. The van der Waals surface area contributed by atoms with Crippen LogP contribution in [-0.2, 0) is 7.05 Å². The monoisotopic (exact) mass is 188 g/mol. The van der Waals surface area contributed by atoms with Crippen molar-refractivity contribution in [3.63, 3.8) is 0 Å². The fraction of sp³-hybridized carbons (Fsp3) is 0.333. The molecule has 1 aromatic rings. The molecular weight excluding hydrogens is 180 g/mol. The summed E-state index contributed by atoms with van der Waals surface area (Å²) in [4.78, 5) is 24.0. The summed E-state index contributed by atoms with van der Waals surface area (Å²) < 4.78 is 1.08. The fourth-order valence-corrected chi connectivity index (χ4v) is 1.49. The van der Waals surface area contributed by atoms with Crippen LogP contribution in [0.5, 0.6) is 0 Å². The molecule has 66 valence electrons. The van der Waals surface area contributed by atoms with Crippen molar-refractivity contribution < 1.29 is 9.90 Å². The number of nitrogens with one attached hydrogen (secondary N) is 1. The van der Waals surface area contributed by atoms with Crippen LogP contribution in [-0.4, -0.2) is 26.9 Å². The van der Waals surface area contributed by atoms with E-state index in [0.717, 1.165) is 4.57 Å². The van der Waals surface area contributed by atoms with Crippen LogP contribution < -0.4 is 5.69 Å². The highest BCUT2D eigenvalue weighted by atomic mass is 32.2. The number of hydrogen-bond donors (Lipinski definition) is 2. The lowest BCUT2D eigenvalue weighted by Gasteiger charge is -1.95. The van der Waals surface area contributed by atoms with E-state index in [4.69, 9.17) is 5.11 Å². The zero-order valence-electron chi connectivity index (χ0n) is 6.62. The van der Waals surface area contributed by atoms with E-state index >= 15 is 0 Å². The van der Waals surface area contributed by atoms with Gasteiger partial charge in [-0.3, -0.25) is 9.55 Å². The summed E-state index contributed by atoms with van der Waals surface area (Å²) >= 11 is 1.20. The van der Waals surface area contributed by atoms with Crippen LogP contribution >= 0.6 is 11.8 Å². The molecule has 12 heavy (non-hydrogen) atoms. The second-order valence-electron chi connectivity index (χ2n) is 2.18. The number of aromatic carboxylic acids is 1. The Morgan fingerprint density at radius 2 is 2.25 bits per heavy atom. The first-order chi connectivity index (χ1) is 5.57. The van der Waals surface area contributed by atoms with Gasteiger partial charge in [0.25, 0.3) is 0 Å². The second kappa shape index (κ2) is 3.06. The molecule has 0 aromatic carbocycles. The van der Waals surface area contributed by atoms with Gasteiger partial charge in [0.15, 0.2) is 5.69 Å². The maximum atomic E-state index is 11.0. The van der Waals surface area contributed by atoms with Crippen molar-refractivity contribution in [3.8, 4) is 0 Å². The first-order valence-corrected chi connectivity index (χ1v) is 4.36. The van der Waals surface area contributed by atoms with Crippen LogP contribution in [0.2, 0.25) is 0 Å². The summed E-state index contributed by atoms with van der Waals surface area (Å²) in [6, 6.07) is 0. The van der Waals surface area contributed by atoms with Gasteiger partial charge >= 0.3 is 11.7 Å². The zero-order chi connectivity index (χ0) is 9.30. The van der Waals surface area contributed by atoms with Crippen LogP contribution in [0.15, 0.2) is 9.82 Å². The van der Waals surface area contributed by atoms with Crippen LogP contribution in [0.3, 0.4) is 0 Å². The number of imidazole rings is 1. The SMILES string of the molecule is CSc1[nH]c(=O)n(C)c1C(=O)O. The molecule has 0 saturated heterocycles. The van der Waals surface area contributed by atoms with Gasteiger partial charge in [-0.25, -0.2) is 9.59 Å². The maximum absolute atomic E-state index is 11.0. The standard InChI is InChI=1S/C6H8N2O3S/c1-8-3(5(9)10)4(12-2)7-6(8)11/h1-2H3,(H,7,11)(H,9,10). The van der Waals surface area contributed by atoms with E-state index < -0.39 is 11.7 Å². The Kier molecular flexibility index (Phi) is 2.27. The van der Waals surface area contributed by atoms with Gasteiger partial charge < -0.3 is 5.11 Å². The van der Waals surface area contributed by atoms with Gasteiger partial charge in [-0.05, 0) is 6.26 Å². The van der Waals surface area contributed by atoms with Crippen molar-refractivity contribution in [1.29, 1.82) is 0 Å². The van der Waals surface area contributed by atoms with E-state index in [0.29, 0.717) is 5.03 Å². The first kappa shape index (κ1) is 8.92. The highest BCUT2D eigenvalue weighted by Gasteiger charge is 2.16. The van der Waals surface area contributed by atoms with Crippen LogP contribution in [0.1, 0.15) is 10.5 Å². The number of rotatable bonds is 2. The smallest absolute Gasteiger partial charge is 0.355 e. The molecule has 1 rings (SSSR count). The summed E-state index contributed by atoms with van der Waals surface area (Å²) in [6.45, 7) is 0. The van der Waals surface area contributed by atoms with Crippen LogP contribution in [0.4, 0.5) is 0 Å². The molecule has 0 aliphatic rings. The van der Waals surface area contributed by atoms with E-state index in [-0.39, 0.29) is 5.69 Å². The normalized spacial score (nSPS) is 10.2. The molecule has 0 saturated carbocycles. The molecule has 0 radical (unpaired) electrons. The van der Waals surface area contributed by atoms with E-state index in [1.165, 1.54) is 18.8 Å². The second-order valence-corrected chi connectivity index (χ2v) is 2.99. The average molecular weight is 188 g/mol. The van der Waals surface area contributed by atoms with Gasteiger partial charge in [0.1, 0.15) is 5.03 Å². The van der Waals surface area contributed by atoms with E-state index in [9.17, 15) is 9.59 Å². The lowest BCUT2D eigenvalue weighted by Crippen LogP contribution is -2.16. The van der Waals surface area contributed by atoms with Gasteiger partial charge in [0.2, 0.25) is 0 Å². The molecule has 0 aliphatic heterocycles. The van der Waals surface area contributed by atoms with Gasteiger partial charge in [-0.1, -0.05) is 0 Å². The summed E-state index contributed by atoms with van der Waals surface area (Å²) in [7, 11) is 1.42. The Morgan fingerprint density at radius 3 is 2.58 bits per heavy atom. The number of thioether (sulfide) groups is 1. The number of aromatic nitrogens is 2. The third-order valence-electron chi connectivity index (χ3n) is 1.48. The quantitative estimate of drug-likeness (QED) is 0.647. The largest absolute Gasteiger partial charge is 0.476 e. The number of aromatic amines is 1. The predicted molar refractivity (Wildman–Crippen MR) is 44.8 cm³/mol. The third kappa shape index (κ3) is 1.25. The van der Waals surface area contributed by atoms with E-state index in [1.807, 2.05) is 0 Å². The first-order valence-electron chi connectivity index (χ1n) is 3.14. The Hall–Kier alpha value is -1.17. The van der Waals surface area contributed by atoms with E-state index in [1.54, 1.807) is 6.26 Å². The highest BCUT2D eigenvalue weighted by molar-refractivity contribution is 7.98. The third-order valence-corrected chi connectivity index (χ3v) is 2.19. The molecule has 0 aliphatic carbocycles. The van der Waals surface area contributed by atoms with Crippen LogP contribution in [0, 0.1) is 0 Å². The summed E-state index contributed by atoms with van der Waals surface area (Å²) in [5.74, 6) is -1.10. The zero-order valence-corrected chi connectivity index (χ0v) is 7.44. The fourth-order valence-electron chi connectivity index (χ4n) is 0.882. The summed E-state index contributed by atoms with van der Waals surface area (Å²) in [6.07, 6.45) is 1.71. The highest BCUT2D eigenvalue weighted by Crippen LogP contribution is 2.14. The Balaban J connectivity index is 3.41. The number of nitrogens with zero attached hydrogens (tertiary/aromatic N) is 1. The van der Waals surface area contributed by atoms with E-state index in [2.05, 4.69) is 4.98 Å². The van der Waals surface area contributed by atoms with Crippen molar-refractivity contribution >= 4 is 17.7 Å². The molecule has 2 N–H and O–H groups in total. The number of carbonyl (C=O) groups is 1. The number of hydrogen-bond acceptors (Lipinski definition) is 3. The van der Waals surface area contributed by atoms with Gasteiger partial charge in [0, 0.05) is 7.05 Å². The molecule has 1 heterocycles. The Bertz CT molecular complexity index is 365. The minimum absolute atomic E-state index is 0.00694. The number of carboxylic acid groups (broad SMARTS) is 1. The van der Waals surface area contributed by atoms with Crippen molar-refractivity contribution in [2.24, 2.45) is 7.05 Å². The predicted octanol–water partition coefficient (Wildman–Crippen LogP) is 0.134. The van der Waals surface area contributed by atoms with Gasteiger partial charge in [0.05, 0.1) is 0 Å². The topological polar surface area (TPSA) is 75.1 Å². The molecule has 0 amide bonds. The van der Waals surface area contributed by atoms with Gasteiger partial charge in [-0.15, -0.1) is 11.8 Å². The maximum Gasteiger partial charge on any atom is 0.355 e. The van der Waals surface area contributed by atoms with Gasteiger partial charge in [-0.2, -0.15) is 0 Å². The minimum atomic E-state index is -1.10. The summed E-state index contributed by atoms with van der Waals surface area (Å²) in [5.41, 5.74) is -0.399. The molecule has 1 aromatic heterocycles. The van der Waals surface area contributed by atoms with Crippen molar-refractivity contribution in [1.82, 2.24) is 9.55 Å². The number of carboxylic acids is 1. The Morgan fingerprint density at radius 1 is 1.67 bits per heavy atom. The van der Waals surface area contributed by atoms with Crippen molar-refractivity contribution in [2.75, 3.05) is 6.26 Å². The minimum Gasteiger partial charge on any atom is -0.476 e. The molecule has 6 heteroatoms. The molecule has 0 unspecified atom stereocenters. The lowest BCUT2D eigenvalue weighted by molar-refractivity contribution is 0.0682. The molecule has 5 nitrogen and oxygen atoms in total.